The fourth-order valence-corrected chi connectivity index (χ4v) is 8.54. The summed E-state index contributed by atoms with van der Waals surface area (Å²) in [4.78, 5) is 24.7. The highest BCUT2D eigenvalue weighted by molar-refractivity contribution is 6.69. The Hall–Kier alpha value is -0.963. The van der Waals surface area contributed by atoms with E-state index in [4.69, 9.17) is 18.6 Å². The maximum Gasteiger partial charge on any atom is 0.343 e. The lowest BCUT2D eigenvalue weighted by Crippen LogP contribution is -2.51. The molecule has 0 aromatic rings. The van der Waals surface area contributed by atoms with Gasteiger partial charge in [-0.3, -0.25) is 4.79 Å². The fraction of sp³-hybridized carbons (Fsp3) is 0.931. The molecule has 3 rings (SSSR count). The van der Waals surface area contributed by atoms with E-state index in [0.717, 1.165) is 19.3 Å². The summed E-state index contributed by atoms with van der Waals surface area (Å²) in [6.07, 6.45) is 4.87. The predicted molar refractivity (Wildman–Crippen MR) is 145 cm³/mol. The second-order valence-corrected chi connectivity index (χ2v) is 19.0. The molecule has 0 amide bonds. The van der Waals surface area contributed by atoms with Crippen molar-refractivity contribution in [2.45, 2.75) is 131 Å². The van der Waals surface area contributed by atoms with Gasteiger partial charge in [-0.25, -0.2) is 4.79 Å². The Morgan fingerprint density at radius 3 is 2.38 bits per heavy atom. The van der Waals surface area contributed by atoms with Crippen LogP contribution in [0.1, 0.15) is 87.0 Å². The third-order valence-electron chi connectivity index (χ3n) is 9.19. The molecule has 1 saturated heterocycles. The minimum absolute atomic E-state index is 0.0431. The summed E-state index contributed by atoms with van der Waals surface area (Å²) in [5.74, 6) is -0.110. The highest BCUT2D eigenvalue weighted by atomic mass is 28.4. The number of aliphatic hydroxyl groups excluding tert-OH is 1. The van der Waals surface area contributed by atoms with Crippen LogP contribution in [0, 0.1) is 34.5 Å². The Morgan fingerprint density at radius 1 is 1.19 bits per heavy atom. The molecule has 1 N–H and O–H groups in total. The zero-order valence-corrected chi connectivity index (χ0v) is 25.9. The molecule has 0 bridgehead atoms. The molecule has 2 aliphatic carbocycles. The van der Waals surface area contributed by atoms with Crippen LogP contribution in [-0.4, -0.2) is 56.1 Å². The van der Waals surface area contributed by atoms with Gasteiger partial charge >= 0.3 is 11.9 Å². The van der Waals surface area contributed by atoms with Gasteiger partial charge in [0, 0.05) is 24.4 Å². The molecule has 9 atom stereocenters. The summed E-state index contributed by atoms with van der Waals surface area (Å²) >= 11 is 0. The van der Waals surface area contributed by atoms with Crippen molar-refractivity contribution in [3.05, 3.63) is 0 Å². The Kier molecular flexibility index (Phi) is 9.00. The van der Waals surface area contributed by atoms with Crippen molar-refractivity contribution in [3.8, 4) is 0 Å². The van der Waals surface area contributed by atoms with Gasteiger partial charge in [-0.15, -0.1) is 0 Å². The fourth-order valence-electron chi connectivity index (χ4n) is 7.35. The topological polar surface area (TPSA) is 91.3 Å². The van der Waals surface area contributed by atoms with E-state index in [1.54, 1.807) is 6.92 Å². The number of hydrogen-bond acceptors (Lipinski definition) is 7. The maximum absolute atomic E-state index is 12.9. The first-order chi connectivity index (χ1) is 16.9. The summed E-state index contributed by atoms with van der Waals surface area (Å²) in [7, 11) is -1.64. The van der Waals surface area contributed by atoms with Gasteiger partial charge in [0.2, 0.25) is 6.29 Å². The van der Waals surface area contributed by atoms with Gasteiger partial charge in [-0.05, 0) is 81.8 Å². The highest BCUT2D eigenvalue weighted by Gasteiger charge is 2.58. The van der Waals surface area contributed by atoms with E-state index in [1.165, 1.54) is 19.8 Å². The Labute approximate surface area is 225 Å². The van der Waals surface area contributed by atoms with Crippen molar-refractivity contribution < 1.29 is 33.3 Å². The van der Waals surface area contributed by atoms with E-state index in [-0.39, 0.29) is 17.9 Å². The van der Waals surface area contributed by atoms with Crippen LogP contribution >= 0.6 is 0 Å². The lowest BCUT2D eigenvalue weighted by molar-refractivity contribution is -0.179. The van der Waals surface area contributed by atoms with E-state index >= 15 is 0 Å². The van der Waals surface area contributed by atoms with Crippen LogP contribution in [0.3, 0.4) is 0 Å². The number of ether oxygens (including phenoxy) is 3. The smallest absolute Gasteiger partial charge is 0.343 e. The van der Waals surface area contributed by atoms with Crippen molar-refractivity contribution in [3.63, 3.8) is 0 Å². The summed E-state index contributed by atoms with van der Waals surface area (Å²) in [5, 5.41) is 11.6. The predicted octanol–water partition coefficient (Wildman–Crippen LogP) is 5.69. The SMILES string of the molecule is CC(=O)OC[C@H](C[C@@H](C)[C@H]1CCC2[C@@H](O[Si](C)(C)C)CCC[C@@]21C)C(O)[C@@]1(C)O[C@H](C(C)(C)C)OC1=O. The van der Waals surface area contributed by atoms with Crippen LogP contribution in [0.15, 0.2) is 0 Å². The zero-order chi connectivity index (χ0) is 28.0. The van der Waals surface area contributed by atoms with Crippen molar-refractivity contribution >= 4 is 20.3 Å². The van der Waals surface area contributed by atoms with Gasteiger partial charge in [0.1, 0.15) is 0 Å². The van der Waals surface area contributed by atoms with Gasteiger partial charge in [0.25, 0.3) is 0 Å². The van der Waals surface area contributed by atoms with Crippen molar-refractivity contribution in [1.29, 1.82) is 0 Å². The molecule has 7 nitrogen and oxygen atoms in total. The van der Waals surface area contributed by atoms with E-state index in [9.17, 15) is 14.7 Å². The first kappa shape index (κ1) is 30.6. The molecule has 3 aliphatic rings. The molecule has 1 heterocycles. The molecular formula is C29H52O7Si. The molecule has 8 heteroatoms. The van der Waals surface area contributed by atoms with E-state index in [0.29, 0.717) is 24.4 Å². The van der Waals surface area contributed by atoms with Crippen LogP contribution in [-0.2, 0) is 28.2 Å². The number of carbonyl (C=O) groups excluding carboxylic acids is 2. The third-order valence-corrected chi connectivity index (χ3v) is 10.2. The molecule has 3 fully saturated rings. The van der Waals surface area contributed by atoms with Crippen LogP contribution in [0.2, 0.25) is 19.6 Å². The second kappa shape index (κ2) is 10.9. The van der Waals surface area contributed by atoms with E-state index < -0.39 is 49.6 Å². The molecule has 37 heavy (non-hydrogen) atoms. The lowest BCUT2D eigenvalue weighted by atomic mass is 9.61. The molecule has 2 saturated carbocycles. The summed E-state index contributed by atoms with van der Waals surface area (Å²) < 4.78 is 23.7. The van der Waals surface area contributed by atoms with E-state index in [1.807, 2.05) is 20.8 Å². The van der Waals surface area contributed by atoms with Crippen LogP contribution in [0.5, 0.6) is 0 Å². The Morgan fingerprint density at radius 2 is 1.84 bits per heavy atom. The zero-order valence-electron chi connectivity index (χ0n) is 24.9. The maximum atomic E-state index is 12.9. The normalized spacial score (nSPS) is 37.0. The largest absolute Gasteiger partial charge is 0.465 e. The molecule has 1 aliphatic heterocycles. The van der Waals surface area contributed by atoms with Gasteiger partial charge in [-0.1, -0.05) is 41.0 Å². The summed E-state index contributed by atoms with van der Waals surface area (Å²) in [5.41, 5.74) is -1.75. The van der Waals surface area contributed by atoms with Crippen LogP contribution < -0.4 is 0 Å². The Balaban J connectivity index is 1.79. The van der Waals surface area contributed by atoms with Gasteiger partial charge in [0.05, 0.1) is 12.7 Å². The number of hydrogen-bond donors (Lipinski definition) is 1. The number of carbonyl (C=O) groups is 2. The highest BCUT2D eigenvalue weighted by Crippen LogP contribution is 2.59. The molecule has 0 spiro atoms. The average molecular weight is 541 g/mol. The molecule has 214 valence electrons. The quantitative estimate of drug-likeness (QED) is 0.297. The molecule has 0 radical (unpaired) electrons. The first-order valence-electron chi connectivity index (χ1n) is 14.3. The van der Waals surface area contributed by atoms with Gasteiger partial charge in [-0.2, -0.15) is 0 Å². The molecule has 0 aromatic heterocycles. The molecular weight excluding hydrogens is 488 g/mol. The Bertz CT molecular complexity index is 833. The number of cyclic esters (lactones) is 1. The summed E-state index contributed by atoms with van der Waals surface area (Å²) in [6.45, 7) is 20.3. The average Bonchev–Trinajstić information content (AvgIpc) is 3.27. The third kappa shape index (κ3) is 6.61. The monoisotopic (exact) mass is 540 g/mol. The van der Waals surface area contributed by atoms with Crippen molar-refractivity contribution in [2.75, 3.05) is 6.61 Å². The number of fused-ring (bicyclic) bond motifs is 1. The molecule has 0 aromatic carbocycles. The lowest BCUT2D eigenvalue weighted by Gasteiger charge is -2.48. The van der Waals surface area contributed by atoms with Gasteiger partial charge in [0.15, 0.2) is 13.9 Å². The van der Waals surface area contributed by atoms with Crippen molar-refractivity contribution in [2.24, 2.45) is 34.5 Å². The van der Waals surface area contributed by atoms with E-state index in [2.05, 4.69) is 33.5 Å². The minimum atomic E-state index is -1.64. The second-order valence-electron chi connectivity index (χ2n) is 14.5. The molecule has 2 unspecified atom stereocenters. The number of esters is 2. The standard InChI is InChI=1S/C29H52O7Si/c1-18(21-13-14-22-23(36-37(8,9)10)12-11-15-28(21,22)6)16-20(17-33-19(2)30)24(31)29(7)25(32)34-26(35-29)27(3,4)5/h18,20-24,26,31H,11-17H2,1-10H3/t18-,20+,21-,22?,23+,24?,26-,28-,29-/m1/s1. The minimum Gasteiger partial charge on any atom is -0.465 e. The van der Waals surface area contributed by atoms with Crippen LogP contribution in [0.25, 0.3) is 0 Å². The van der Waals surface area contributed by atoms with Crippen molar-refractivity contribution in [1.82, 2.24) is 0 Å². The van der Waals surface area contributed by atoms with Gasteiger partial charge < -0.3 is 23.7 Å². The number of rotatable bonds is 9. The number of aliphatic hydroxyl groups is 1. The van der Waals surface area contributed by atoms with Crippen LogP contribution in [0.4, 0.5) is 0 Å². The first-order valence-corrected chi connectivity index (χ1v) is 17.7. The summed E-state index contributed by atoms with van der Waals surface area (Å²) in [6, 6.07) is 0.